The lowest BCUT2D eigenvalue weighted by atomic mass is 9.47. The number of allylic oxidation sites excluding steroid dienone is 2. The van der Waals surface area contributed by atoms with Gasteiger partial charge in [-0.3, -0.25) is 4.79 Å². The van der Waals surface area contributed by atoms with Crippen LogP contribution in [-0.2, 0) is 4.79 Å². The molecule has 29 heavy (non-hydrogen) atoms. The van der Waals surface area contributed by atoms with Crippen LogP contribution in [0.4, 0.5) is 0 Å². The van der Waals surface area contributed by atoms with Gasteiger partial charge in [0, 0.05) is 12.8 Å². The maximum Gasteiger partial charge on any atom is 0.133 e. The van der Waals surface area contributed by atoms with E-state index in [1.165, 1.54) is 44.9 Å². The molecule has 4 rings (SSSR count). The van der Waals surface area contributed by atoms with E-state index in [9.17, 15) is 4.79 Å². The van der Waals surface area contributed by atoms with Gasteiger partial charge in [-0.15, -0.1) is 0 Å². The molecule has 1 nitrogen and oxygen atoms in total. The quantitative estimate of drug-likeness (QED) is 0.431. The van der Waals surface area contributed by atoms with Crippen molar-refractivity contribution < 1.29 is 4.79 Å². The number of Topliss-reactive ketones (excluding diaryl/α,β-unsaturated/α-hetero) is 1. The second kappa shape index (κ2) is 7.83. The van der Waals surface area contributed by atoms with Crippen LogP contribution in [0.5, 0.6) is 0 Å². The molecule has 4 aliphatic rings. The molecular weight excluding hydrogens is 352 g/mol. The van der Waals surface area contributed by atoms with Crippen molar-refractivity contribution in [2.24, 2.45) is 52.3 Å². The van der Waals surface area contributed by atoms with E-state index in [2.05, 4.69) is 47.6 Å². The Kier molecular flexibility index (Phi) is 5.84. The first-order valence-corrected chi connectivity index (χ1v) is 12.9. The molecule has 0 heterocycles. The molecule has 0 aromatic carbocycles. The smallest absolute Gasteiger partial charge is 0.133 e. The highest BCUT2D eigenvalue weighted by atomic mass is 16.1. The predicted molar refractivity (Wildman–Crippen MR) is 123 cm³/mol. The molecule has 0 unspecified atom stereocenters. The summed E-state index contributed by atoms with van der Waals surface area (Å²) in [5, 5.41) is 0. The maximum atomic E-state index is 12.1. The molecule has 0 bridgehead atoms. The standard InChI is InChI=1S/C28H46O/c1-18(2)19(3)7-8-20(4)24-11-12-25-23-10-9-21-17-22(29)13-15-27(21,5)26(23)14-16-28(24,25)6/h10,18-21,24-26H,7-9,11-17H2,1-6H3/t19-,20+,21-,24-,25+,26+,27-,28-/m0/s1. The first-order valence-electron chi connectivity index (χ1n) is 12.9. The largest absolute Gasteiger partial charge is 0.300 e. The van der Waals surface area contributed by atoms with Crippen molar-refractivity contribution in [2.75, 3.05) is 0 Å². The molecule has 0 radical (unpaired) electrons. The van der Waals surface area contributed by atoms with Crippen molar-refractivity contribution in [3.63, 3.8) is 0 Å². The fourth-order valence-electron chi connectivity index (χ4n) is 8.34. The second-order valence-electron chi connectivity index (χ2n) is 12.5. The number of carbonyl (C=O) groups is 1. The molecule has 164 valence electrons. The summed E-state index contributed by atoms with van der Waals surface area (Å²) in [6.45, 7) is 15.0. The zero-order valence-electron chi connectivity index (χ0n) is 20.1. The Balaban J connectivity index is 1.50. The van der Waals surface area contributed by atoms with Gasteiger partial charge in [-0.25, -0.2) is 0 Å². The van der Waals surface area contributed by atoms with E-state index in [4.69, 9.17) is 0 Å². The lowest BCUT2D eigenvalue weighted by molar-refractivity contribution is -0.127. The summed E-state index contributed by atoms with van der Waals surface area (Å²) in [6, 6.07) is 0. The molecule has 4 aliphatic carbocycles. The average Bonchev–Trinajstić information content (AvgIpc) is 3.03. The first-order chi connectivity index (χ1) is 13.7. The van der Waals surface area contributed by atoms with E-state index >= 15 is 0 Å². The van der Waals surface area contributed by atoms with E-state index in [1.807, 2.05) is 5.57 Å². The molecule has 1 heteroatoms. The Morgan fingerprint density at radius 3 is 2.41 bits per heavy atom. The van der Waals surface area contributed by atoms with Crippen molar-refractivity contribution in [3.8, 4) is 0 Å². The number of hydrogen-bond acceptors (Lipinski definition) is 1. The zero-order valence-corrected chi connectivity index (χ0v) is 20.1. The second-order valence-corrected chi connectivity index (χ2v) is 12.5. The number of ketones is 1. The van der Waals surface area contributed by atoms with Gasteiger partial charge in [0.1, 0.15) is 5.78 Å². The van der Waals surface area contributed by atoms with E-state index in [-0.39, 0.29) is 0 Å². The predicted octanol–water partition coefficient (Wildman–Crippen LogP) is 7.84. The summed E-state index contributed by atoms with van der Waals surface area (Å²) >= 11 is 0. The summed E-state index contributed by atoms with van der Waals surface area (Å²) in [5.74, 6) is 6.17. The third-order valence-electron chi connectivity index (χ3n) is 10.9. The molecule has 3 saturated carbocycles. The highest BCUT2D eigenvalue weighted by Gasteiger charge is 2.58. The van der Waals surface area contributed by atoms with Crippen molar-refractivity contribution >= 4 is 5.78 Å². The third-order valence-corrected chi connectivity index (χ3v) is 10.9. The Morgan fingerprint density at radius 1 is 0.966 bits per heavy atom. The van der Waals surface area contributed by atoms with Crippen LogP contribution in [0.3, 0.4) is 0 Å². The minimum Gasteiger partial charge on any atom is -0.300 e. The zero-order chi connectivity index (χ0) is 21.0. The monoisotopic (exact) mass is 398 g/mol. The fourth-order valence-corrected chi connectivity index (χ4v) is 8.34. The highest BCUT2D eigenvalue weighted by Crippen LogP contribution is 2.66. The van der Waals surface area contributed by atoms with Gasteiger partial charge >= 0.3 is 0 Å². The van der Waals surface area contributed by atoms with Gasteiger partial charge in [-0.2, -0.15) is 0 Å². The van der Waals surface area contributed by atoms with Crippen LogP contribution >= 0.6 is 0 Å². The van der Waals surface area contributed by atoms with Crippen LogP contribution in [0.1, 0.15) is 106 Å². The maximum absolute atomic E-state index is 12.1. The summed E-state index contributed by atoms with van der Waals surface area (Å²) in [7, 11) is 0. The van der Waals surface area contributed by atoms with Gasteiger partial charge < -0.3 is 0 Å². The van der Waals surface area contributed by atoms with E-state index < -0.39 is 0 Å². The van der Waals surface area contributed by atoms with Gasteiger partial charge in [-0.1, -0.05) is 66.0 Å². The number of hydrogen-bond donors (Lipinski definition) is 0. The number of carbonyl (C=O) groups excluding carboxylic acids is 1. The summed E-state index contributed by atoms with van der Waals surface area (Å²) in [5.41, 5.74) is 2.77. The normalized spacial score (nSPS) is 44.0. The molecular formula is C28H46O. The molecule has 0 N–H and O–H groups in total. The number of fused-ring (bicyclic) bond motifs is 5. The Bertz CT molecular complexity index is 659. The molecule has 0 spiro atoms. The van der Waals surface area contributed by atoms with Gasteiger partial charge in [0.2, 0.25) is 0 Å². The van der Waals surface area contributed by atoms with Gasteiger partial charge in [0.25, 0.3) is 0 Å². The molecule has 0 amide bonds. The van der Waals surface area contributed by atoms with Crippen molar-refractivity contribution in [1.82, 2.24) is 0 Å². The minimum atomic E-state index is 0.399. The van der Waals surface area contributed by atoms with E-state index in [0.717, 1.165) is 54.8 Å². The number of rotatable bonds is 5. The molecule has 0 aliphatic heterocycles. The molecule has 0 saturated heterocycles. The molecule has 0 aromatic rings. The van der Waals surface area contributed by atoms with Crippen LogP contribution in [0, 0.1) is 52.3 Å². The average molecular weight is 399 g/mol. The van der Waals surface area contributed by atoms with Crippen LogP contribution in [-0.4, -0.2) is 5.78 Å². The SMILES string of the molecule is CC(C)[C@@H](C)CC[C@@H](C)[C@@H]1CC[C@@H]2C3=CC[C@H]4CC(=O)CC[C@]4(C)[C@@H]3CC[C@]21C. The van der Waals surface area contributed by atoms with Crippen LogP contribution in [0.2, 0.25) is 0 Å². The van der Waals surface area contributed by atoms with Gasteiger partial charge in [-0.05, 0) is 90.8 Å². The molecule has 3 fully saturated rings. The van der Waals surface area contributed by atoms with Crippen molar-refractivity contribution in [1.29, 1.82) is 0 Å². The lowest BCUT2D eigenvalue weighted by Crippen LogP contribution is -2.49. The Labute approximate surface area is 180 Å². The fraction of sp³-hybridized carbons (Fsp3) is 0.893. The summed E-state index contributed by atoms with van der Waals surface area (Å²) < 4.78 is 0. The summed E-state index contributed by atoms with van der Waals surface area (Å²) in [4.78, 5) is 12.1. The summed E-state index contributed by atoms with van der Waals surface area (Å²) in [6.07, 6.45) is 15.1. The van der Waals surface area contributed by atoms with Crippen LogP contribution < -0.4 is 0 Å². The van der Waals surface area contributed by atoms with Crippen molar-refractivity contribution in [3.05, 3.63) is 11.6 Å². The van der Waals surface area contributed by atoms with E-state index in [1.54, 1.807) is 0 Å². The molecule has 0 aromatic heterocycles. The van der Waals surface area contributed by atoms with Gasteiger partial charge in [0.15, 0.2) is 0 Å². The van der Waals surface area contributed by atoms with Crippen LogP contribution in [0.15, 0.2) is 11.6 Å². The lowest BCUT2D eigenvalue weighted by Gasteiger charge is -2.57. The first kappa shape index (κ1) is 21.6. The molecule has 8 atom stereocenters. The Morgan fingerprint density at radius 2 is 1.69 bits per heavy atom. The van der Waals surface area contributed by atoms with Crippen molar-refractivity contribution in [2.45, 2.75) is 106 Å². The third kappa shape index (κ3) is 3.57. The van der Waals surface area contributed by atoms with E-state index in [0.29, 0.717) is 22.5 Å². The minimum absolute atomic E-state index is 0.399. The van der Waals surface area contributed by atoms with Gasteiger partial charge in [0.05, 0.1) is 0 Å². The Hall–Kier alpha value is -0.590. The van der Waals surface area contributed by atoms with Crippen LogP contribution in [0.25, 0.3) is 0 Å². The topological polar surface area (TPSA) is 17.1 Å². The highest BCUT2D eigenvalue weighted by molar-refractivity contribution is 5.79.